The minimum Gasteiger partial charge on any atom is -0.450 e. The number of hydrogen-bond donors (Lipinski definition) is 1. The lowest BCUT2D eigenvalue weighted by Gasteiger charge is -2.12. The van der Waals surface area contributed by atoms with Crippen molar-refractivity contribution in [2.75, 3.05) is 6.54 Å². The quantitative estimate of drug-likeness (QED) is 0.256. The number of esters is 1. The average molecular weight is 330 g/mol. The molecule has 0 aliphatic carbocycles. The molecule has 0 aliphatic rings. The van der Waals surface area contributed by atoms with Gasteiger partial charge >= 0.3 is 11.9 Å². The molecule has 120 valence electrons. The highest BCUT2D eigenvalue weighted by atomic mass is 35.5. The Morgan fingerprint density at radius 1 is 1.32 bits per heavy atom. The molecule has 22 heavy (non-hydrogen) atoms. The molecule has 7 nitrogen and oxygen atoms in total. The summed E-state index contributed by atoms with van der Waals surface area (Å²) in [6.45, 7) is 2.60. The van der Waals surface area contributed by atoms with Gasteiger partial charge in [0.15, 0.2) is 5.78 Å². The number of ether oxygens (including phenoxy) is 1. The van der Waals surface area contributed by atoms with Crippen LogP contribution in [0, 0.1) is 0 Å². The minimum atomic E-state index is -1.05. The Hall–Kier alpha value is -1.96. The van der Waals surface area contributed by atoms with Crippen LogP contribution >= 0.6 is 11.6 Å². The van der Waals surface area contributed by atoms with Gasteiger partial charge in [0.1, 0.15) is 0 Å². The first kappa shape index (κ1) is 18.1. The summed E-state index contributed by atoms with van der Waals surface area (Å²) < 4.78 is 4.72. The topological polar surface area (TPSA) is 90.9 Å². The van der Waals surface area contributed by atoms with Crippen molar-refractivity contribution in [3.05, 3.63) is 34.9 Å². The Morgan fingerprint density at radius 3 is 2.64 bits per heavy atom. The van der Waals surface area contributed by atoms with Crippen molar-refractivity contribution in [3.8, 4) is 0 Å². The Balaban J connectivity index is 2.34. The fourth-order valence-corrected chi connectivity index (χ4v) is 1.67. The maximum absolute atomic E-state index is 11.8. The summed E-state index contributed by atoms with van der Waals surface area (Å²) in [5.74, 6) is -1.78. The van der Waals surface area contributed by atoms with Crippen molar-refractivity contribution in [1.82, 2.24) is 5.48 Å². The highest BCUT2D eigenvalue weighted by molar-refractivity contribution is 6.31. The Kier molecular flexibility index (Phi) is 7.51. The van der Waals surface area contributed by atoms with Crippen LogP contribution in [0.2, 0.25) is 5.02 Å². The van der Waals surface area contributed by atoms with E-state index in [9.17, 15) is 14.4 Å². The van der Waals surface area contributed by atoms with Crippen molar-refractivity contribution in [2.45, 2.75) is 26.4 Å². The van der Waals surface area contributed by atoms with Gasteiger partial charge in [-0.2, -0.15) is 5.48 Å². The van der Waals surface area contributed by atoms with E-state index in [4.69, 9.17) is 16.3 Å². The fourth-order valence-electron chi connectivity index (χ4n) is 1.48. The second-order valence-corrected chi connectivity index (χ2v) is 4.68. The van der Waals surface area contributed by atoms with Crippen molar-refractivity contribution in [1.29, 1.82) is 0 Å². The van der Waals surface area contributed by atoms with Crippen LogP contribution in [0.5, 0.6) is 0 Å². The average Bonchev–Trinajstić information content (AvgIpc) is 2.48. The van der Waals surface area contributed by atoms with Crippen LogP contribution in [0.3, 0.4) is 0 Å². The molecule has 1 aromatic carbocycles. The molecular formula is C14H16ClNO6. The third-order valence-corrected chi connectivity index (χ3v) is 2.74. The lowest BCUT2D eigenvalue weighted by atomic mass is 10.1. The van der Waals surface area contributed by atoms with E-state index in [0.29, 0.717) is 10.6 Å². The molecule has 0 aromatic heterocycles. The number of benzene rings is 1. The van der Waals surface area contributed by atoms with Gasteiger partial charge in [-0.25, -0.2) is 4.79 Å². The van der Waals surface area contributed by atoms with E-state index in [0.717, 1.165) is 0 Å². The van der Waals surface area contributed by atoms with Crippen LogP contribution < -0.4 is 5.48 Å². The number of Topliss-reactive ketones (excluding diaryl/α,β-unsaturated/α-hetero) is 1. The molecule has 8 heteroatoms. The minimum absolute atomic E-state index is 0.224. The zero-order chi connectivity index (χ0) is 16.5. The van der Waals surface area contributed by atoms with Crippen molar-refractivity contribution >= 4 is 29.3 Å². The monoisotopic (exact) mass is 329 g/mol. The predicted octanol–water partition coefficient (Wildman–Crippen LogP) is 1.84. The molecule has 1 unspecified atom stereocenters. The summed E-state index contributed by atoms with van der Waals surface area (Å²) in [6, 6.07) is 6.38. The van der Waals surface area contributed by atoms with Gasteiger partial charge in [0.05, 0.1) is 6.54 Å². The number of hydrogen-bond acceptors (Lipinski definition) is 7. The van der Waals surface area contributed by atoms with Crippen molar-refractivity contribution in [2.24, 2.45) is 0 Å². The molecule has 0 bridgehead atoms. The molecule has 0 aliphatic heterocycles. The van der Waals surface area contributed by atoms with Crippen LogP contribution in [0.25, 0.3) is 0 Å². The number of carbonyl (C=O) groups excluding carboxylic acids is 3. The van der Waals surface area contributed by atoms with E-state index >= 15 is 0 Å². The number of halogens is 1. The highest BCUT2D eigenvalue weighted by Crippen LogP contribution is 2.10. The number of ketones is 1. The first-order valence-electron chi connectivity index (χ1n) is 6.50. The molecule has 0 amide bonds. The van der Waals surface area contributed by atoms with E-state index in [1.807, 2.05) is 0 Å². The van der Waals surface area contributed by atoms with E-state index in [1.54, 1.807) is 25.1 Å². The summed E-state index contributed by atoms with van der Waals surface area (Å²) in [6.07, 6.45) is -0.814. The second kappa shape index (κ2) is 9.14. The summed E-state index contributed by atoms with van der Waals surface area (Å²) in [5, 5.41) is 0.436. The van der Waals surface area contributed by atoms with Crippen LogP contribution in [0.15, 0.2) is 24.3 Å². The third-order valence-electron chi connectivity index (χ3n) is 2.50. The molecule has 1 atom stereocenters. The van der Waals surface area contributed by atoms with Crippen molar-refractivity contribution in [3.63, 3.8) is 0 Å². The van der Waals surface area contributed by atoms with Crippen LogP contribution in [0.1, 0.15) is 30.6 Å². The number of carbonyl (C=O) groups is 3. The standard InChI is InChI=1S/C14H16ClNO6/c1-3-13(20-9(2)17)14(19)21-22-16-8-12(18)10-5-4-6-11(15)7-10/h4-7,13,16H,3,8H2,1-2H3. The summed E-state index contributed by atoms with van der Waals surface area (Å²) in [4.78, 5) is 42.9. The van der Waals surface area contributed by atoms with Gasteiger partial charge in [-0.05, 0) is 18.6 Å². The van der Waals surface area contributed by atoms with E-state index in [2.05, 4.69) is 15.4 Å². The van der Waals surface area contributed by atoms with Gasteiger partial charge < -0.3 is 4.74 Å². The first-order valence-corrected chi connectivity index (χ1v) is 6.88. The molecule has 0 radical (unpaired) electrons. The predicted molar refractivity (Wildman–Crippen MR) is 76.8 cm³/mol. The maximum atomic E-state index is 11.8. The molecule has 0 heterocycles. The zero-order valence-corrected chi connectivity index (χ0v) is 12.9. The largest absolute Gasteiger partial charge is 0.450 e. The lowest BCUT2D eigenvalue weighted by Crippen LogP contribution is -2.31. The molecule has 0 spiro atoms. The SMILES string of the molecule is CCC(OC(C)=O)C(=O)OONCC(=O)c1cccc(Cl)c1. The third kappa shape index (κ3) is 6.21. The molecular weight excluding hydrogens is 314 g/mol. The van der Waals surface area contributed by atoms with E-state index in [1.165, 1.54) is 13.0 Å². The second-order valence-electron chi connectivity index (χ2n) is 4.25. The zero-order valence-electron chi connectivity index (χ0n) is 12.1. The van der Waals surface area contributed by atoms with Gasteiger partial charge in [0.25, 0.3) is 0 Å². The van der Waals surface area contributed by atoms with Gasteiger partial charge in [-0.3, -0.25) is 14.5 Å². The van der Waals surface area contributed by atoms with Crippen LogP contribution in [0.4, 0.5) is 0 Å². The van der Waals surface area contributed by atoms with Gasteiger partial charge in [-0.1, -0.05) is 35.6 Å². The van der Waals surface area contributed by atoms with Crippen LogP contribution in [-0.4, -0.2) is 30.4 Å². The Bertz CT molecular complexity index is 548. The number of rotatable bonds is 8. The highest BCUT2D eigenvalue weighted by Gasteiger charge is 2.22. The maximum Gasteiger partial charge on any atom is 0.384 e. The summed E-state index contributed by atoms with van der Waals surface area (Å²) in [5.41, 5.74) is 2.58. The molecule has 0 fully saturated rings. The Morgan fingerprint density at radius 2 is 2.05 bits per heavy atom. The Labute approximate surface area is 132 Å². The van der Waals surface area contributed by atoms with E-state index < -0.39 is 18.0 Å². The lowest BCUT2D eigenvalue weighted by molar-refractivity contribution is -0.311. The molecule has 0 saturated heterocycles. The van der Waals surface area contributed by atoms with Crippen molar-refractivity contribution < 1.29 is 29.0 Å². The number of nitrogens with one attached hydrogen (secondary N) is 1. The summed E-state index contributed by atoms with van der Waals surface area (Å²) >= 11 is 5.77. The smallest absolute Gasteiger partial charge is 0.384 e. The first-order chi connectivity index (χ1) is 10.4. The van der Waals surface area contributed by atoms with Gasteiger partial charge in [0, 0.05) is 17.5 Å². The fraction of sp³-hybridized carbons (Fsp3) is 0.357. The molecule has 0 saturated carbocycles. The van der Waals surface area contributed by atoms with Crippen LogP contribution in [-0.2, 0) is 24.2 Å². The normalized spacial score (nSPS) is 11.6. The van der Waals surface area contributed by atoms with Gasteiger partial charge in [0.2, 0.25) is 6.10 Å². The summed E-state index contributed by atoms with van der Waals surface area (Å²) in [7, 11) is 0. The molecule has 1 N–H and O–H groups in total. The number of hydroxylamine groups is 1. The molecule has 1 aromatic rings. The van der Waals surface area contributed by atoms with Gasteiger partial charge in [-0.15, -0.1) is 0 Å². The molecule has 1 rings (SSSR count). The van der Waals surface area contributed by atoms with E-state index in [-0.39, 0.29) is 18.7 Å².